The Morgan fingerprint density at radius 2 is 1.93 bits per heavy atom. The van der Waals surface area contributed by atoms with Gasteiger partial charge in [-0.05, 0) is 0 Å². The van der Waals surface area contributed by atoms with Gasteiger partial charge in [0.25, 0.3) is 5.78 Å². The van der Waals surface area contributed by atoms with E-state index in [1.807, 2.05) is 36.5 Å². The number of benzene rings is 1. The third-order valence-electron chi connectivity index (χ3n) is 2.11. The highest BCUT2D eigenvalue weighted by molar-refractivity contribution is 5.60. The number of imidazole rings is 1. The fourth-order valence-corrected chi connectivity index (χ4v) is 1.42. The summed E-state index contributed by atoms with van der Waals surface area (Å²) < 4.78 is 1.61. The third-order valence-corrected chi connectivity index (χ3v) is 2.11. The molecule has 2 heterocycles. The fourth-order valence-electron chi connectivity index (χ4n) is 1.42. The van der Waals surface area contributed by atoms with E-state index >= 15 is 0 Å². The van der Waals surface area contributed by atoms with Gasteiger partial charge >= 0.3 is 0 Å². The number of fused-ring (bicyclic) bond motifs is 1. The van der Waals surface area contributed by atoms with Gasteiger partial charge in [0.05, 0.1) is 11.9 Å². The van der Waals surface area contributed by atoms with Crippen LogP contribution < -0.4 is 0 Å². The molecule has 0 spiro atoms. The minimum atomic E-state index is 0.511. The Kier molecular flexibility index (Phi) is 1.68. The Labute approximate surface area is 85.4 Å². The van der Waals surface area contributed by atoms with Crippen molar-refractivity contribution in [3.63, 3.8) is 0 Å². The molecule has 0 aliphatic carbocycles. The zero-order valence-electron chi connectivity index (χ0n) is 7.78. The molecule has 0 N–H and O–H groups in total. The predicted octanol–water partition coefficient (Wildman–Crippen LogP) is 1.19. The number of rotatable bonds is 1. The average Bonchev–Trinajstić information content (AvgIpc) is 2.74. The predicted molar refractivity (Wildman–Crippen MR) is 54.0 cm³/mol. The van der Waals surface area contributed by atoms with Crippen molar-refractivity contribution in [1.29, 1.82) is 0 Å². The summed E-state index contributed by atoms with van der Waals surface area (Å²) >= 11 is 0. The number of aromatic nitrogens is 5. The van der Waals surface area contributed by atoms with E-state index in [-0.39, 0.29) is 0 Å². The highest BCUT2D eigenvalue weighted by atomic mass is 15.4. The van der Waals surface area contributed by atoms with Gasteiger partial charge in [0.15, 0.2) is 6.33 Å². The minimum Gasteiger partial charge on any atom is -0.208 e. The van der Waals surface area contributed by atoms with Crippen LogP contribution in [-0.4, -0.2) is 24.8 Å². The fraction of sp³-hybridized carbons (Fsp3) is 0. The molecule has 5 nitrogen and oxygen atoms in total. The maximum Gasteiger partial charge on any atom is 0.270 e. The Hall–Kier alpha value is -2.30. The molecule has 0 amide bonds. The highest BCUT2D eigenvalue weighted by Crippen LogP contribution is 2.16. The molecule has 0 fully saturated rings. The van der Waals surface area contributed by atoms with Crippen molar-refractivity contribution in [3.8, 4) is 11.3 Å². The lowest BCUT2D eigenvalue weighted by Gasteiger charge is -1.91. The van der Waals surface area contributed by atoms with E-state index in [9.17, 15) is 0 Å². The zero-order valence-corrected chi connectivity index (χ0v) is 7.78. The van der Waals surface area contributed by atoms with Crippen molar-refractivity contribution in [1.82, 2.24) is 24.8 Å². The number of hydrogen-bond acceptors (Lipinski definition) is 4. The summed E-state index contributed by atoms with van der Waals surface area (Å²) in [4.78, 5) is 4.31. The molecule has 0 atom stereocenters. The second-order valence-electron chi connectivity index (χ2n) is 3.08. The van der Waals surface area contributed by atoms with Crippen molar-refractivity contribution >= 4 is 5.78 Å². The van der Waals surface area contributed by atoms with Crippen molar-refractivity contribution in [2.24, 2.45) is 0 Å². The quantitative estimate of drug-likeness (QED) is 0.588. The van der Waals surface area contributed by atoms with Crippen LogP contribution in [0.5, 0.6) is 0 Å². The molecule has 0 radical (unpaired) electrons. The molecule has 15 heavy (non-hydrogen) atoms. The molecular weight excluding hydrogens is 190 g/mol. The van der Waals surface area contributed by atoms with E-state index in [1.165, 1.54) is 6.33 Å². The molecule has 0 unspecified atom stereocenters. The van der Waals surface area contributed by atoms with Gasteiger partial charge < -0.3 is 0 Å². The average molecular weight is 197 g/mol. The van der Waals surface area contributed by atoms with Crippen molar-refractivity contribution in [3.05, 3.63) is 42.9 Å². The van der Waals surface area contributed by atoms with Crippen LogP contribution in [0.2, 0.25) is 0 Å². The first-order chi connectivity index (χ1) is 7.43. The Morgan fingerprint density at radius 1 is 1.07 bits per heavy atom. The Bertz CT molecular complexity index is 554. The summed E-state index contributed by atoms with van der Waals surface area (Å²) in [6, 6.07) is 9.90. The van der Waals surface area contributed by atoms with Crippen molar-refractivity contribution in [2.75, 3.05) is 0 Å². The molecule has 0 aliphatic heterocycles. The van der Waals surface area contributed by atoms with Crippen molar-refractivity contribution in [2.45, 2.75) is 0 Å². The second kappa shape index (κ2) is 3.13. The molecule has 2 aromatic heterocycles. The summed E-state index contributed by atoms with van der Waals surface area (Å²) in [6.45, 7) is 0. The maximum atomic E-state index is 4.31. The van der Waals surface area contributed by atoms with Crippen LogP contribution in [-0.2, 0) is 0 Å². The summed E-state index contributed by atoms with van der Waals surface area (Å²) in [6.07, 6.45) is 3.22. The van der Waals surface area contributed by atoms with Gasteiger partial charge in [0, 0.05) is 5.56 Å². The second-order valence-corrected chi connectivity index (χ2v) is 3.08. The lowest BCUT2D eigenvalue weighted by molar-refractivity contribution is 0.825. The topological polar surface area (TPSA) is 56.0 Å². The number of hydrogen-bond donors (Lipinski definition) is 0. The Morgan fingerprint density at radius 3 is 2.73 bits per heavy atom. The Balaban J connectivity index is 2.21. The van der Waals surface area contributed by atoms with Crippen molar-refractivity contribution < 1.29 is 0 Å². The molecule has 0 saturated carbocycles. The minimum absolute atomic E-state index is 0.511. The summed E-state index contributed by atoms with van der Waals surface area (Å²) in [5.74, 6) is 0.511. The molecule has 0 bridgehead atoms. The van der Waals surface area contributed by atoms with Gasteiger partial charge in [0.1, 0.15) is 0 Å². The smallest absolute Gasteiger partial charge is 0.208 e. The van der Waals surface area contributed by atoms with Crippen LogP contribution in [0.3, 0.4) is 0 Å². The maximum absolute atomic E-state index is 4.31. The molecule has 0 aliphatic rings. The van der Waals surface area contributed by atoms with E-state index in [1.54, 1.807) is 4.52 Å². The van der Waals surface area contributed by atoms with Crippen LogP contribution in [0.25, 0.3) is 17.0 Å². The van der Waals surface area contributed by atoms with E-state index in [0.717, 1.165) is 11.3 Å². The first-order valence-electron chi connectivity index (χ1n) is 4.52. The normalized spacial score (nSPS) is 10.7. The lowest BCUT2D eigenvalue weighted by Crippen LogP contribution is -1.93. The van der Waals surface area contributed by atoms with Gasteiger partial charge in [-0.15, -0.1) is 10.2 Å². The molecule has 3 aromatic rings. The SMILES string of the molecule is c1ccc(-c2cn3ncnnc3n2)cc1. The van der Waals surface area contributed by atoms with E-state index in [2.05, 4.69) is 20.3 Å². The van der Waals surface area contributed by atoms with Gasteiger partial charge in [-0.2, -0.15) is 5.10 Å². The van der Waals surface area contributed by atoms with Crippen LogP contribution in [0.4, 0.5) is 0 Å². The van der Waals surface area contributed by atoms with Crippen LogP contribution in [0.1, 0.15) is 0 Å². The molecular formula is C10H7N5. The van der Waals surface area contributed by atoms with Gasteiger partial charge in [-0.25, -0.2) is 9.50 Å². The van der Waals surface area contributed by atoms with E-state index in [4.69, 9.17) is 0 Å². The molecule has 72 valence electrons. The largest absolute Gasteiger partial charge is 0.270 e. The standard InChI is InChI=1S/C10H7N5/c1-2-4-8(5-3-1)9-6-15-10(13-9)14-11-7-12-15/h1-7H. The molecule has 5 heteroatoms. The highest BCUT2D eigenvalue weighted by Gasteiger charge is 2.04. The first-order valence-corrected chi connectivity index (χ1v) is 4.52. The molecule has 0 saturated heterocycles. The van der Waals surface area contributed by atoms with Crippen LogP contribution in [0.15, 0.2) is 42.9 Å². The number of nitrogens with zero attached hydrogens (tertiary/aromatic N) is 5. The summed E-state index contributed by atoms with van der Waals surface area (Å²) in [5, 5.41) is 11.6. The van der Waals surface area contributed by atoms with E-state index < -0.39 is 0 Å². The molecule has 3 rings (SSSR count). The monoisotopic (exact) mass is 197 g/mol. The lowest BCUT2D eigenvalue weighted by atomic mass is 10.2. The van der Waals surface area contributed by atoms with Gasteiger partial charge in [-0.3, -0.25) is 0 Å². The van der Waals surface area contributed by atoms with Crippen LogP contribution in [0, 0.1) is 0 Å². The zero-order chi connectivity index (χ0) is 10.1. The third kappa shape index (κ3) is 1.34. The van der Waals surface area contributed by atoms with Gasteiger partial charge in [-0.1, -0.05) is 30.3 Å². The summed E-state index contributed by atoms with van der Waals surface area (Å²) in [5.41, 5.74) is 1.90. The molecule has 1 aromatic carbocycles. The van der Waals surface area contributed by atoms with Crippen LogP contribution >= 0.6 is 0 Å². The first kappa shape index (κ1) is 8.05. The summed E-state index contributed by atoms with van der Waals surface area (Å²) in [7, 11) is 0. The van der Waals surface area contributed by atoms with E-state index in [0.29, 0.717) is 5.78 Å². The van der Waals surface area contributed by atoms with Gasteiger partial charge in [0.2, 0.25) is 0 Å².